The van der Waals surface area contributed by atoms with Crippen LogP contribution in [0.1, 0.15) is 47.8 Å². The first kappa shape index (κ1) is 20.0. The van der Waals surface area contributed by atoms with Crippen LogP contribution >= 0.6 is 11.8 Å². The summed E-state index contributed by atoms with van der Waals surface area (Å²) < 4.78 is 4.77. The zero-order valence-corrected chi connectivity index (χ0v) is 16.4. The zero-order valence-electron chi connectivity index (χ0n) is 15.6. The fourth-order valence-electron chi connectivity index (χ4n) is 2.50. The number of carbonyl (C=O) groups is 2. The van der Waals surface area contributed by atoms with Crippen LogP contribution in [0.5, 0.6) is 0 Å². The van der Waals surface area contributed by atoms with Gasteiger partial charge in [-0.2, -0.15) is 0 Å². The highest BCUT2D eigenvalue weighted by atomic mass is 32.2. The van der Waals surface area contributed by atoms with Crippen molar-refractivity contribution in [1.29, 1.82) is 0 Å². The number of nitrogens with one attached hydrogen (secondary N) is 1. The van der Waals surface area contributed by atoms with Gasteiger partial charge in [-0.25, -0.2) is 0 Å². The molecule has 2 aromatic rings. The SMILES string of the molecule is COC(=O)CC(NC(=O)c1ccc(SC(C)C)cc1)c1ccc(C)cc1. The second kappa shape index (κ2) is 9.43. The fraction of sp³-hybridized carbons (Fsp3) is 0.333. The Kier molecular flexibility index (Phi) is 7.27. The molecule has 0 radical (unpaired) electrons. The summed E-state index contributed by atoms with van der Waals surface area (Å²) >= 11 is 1.75. The van der Waals surface area contributed by atoms with Crippen LogP contribution in [-0.2, 0) is 9.53 Å². The topological polar surface area (TPSA) is 55.4 Å². The van der Waals surface area contributed by atoms with Crippen LogP contribution in [0.15, 0.2) is 53.4 Å². The third kappa shape index (κ3) is 5.92. The lowest BCUT2D eigenvalue weighted by molar-refractivity contribution is -0.141. The second-order valence-electron chi connectivity index (χ2n) is 6.41. The highest BCUT2D eigenvalue weighted by Gasteiger charge is 2.19. The van der Waals surface area contributed by atoms with Crippen LogP contribution in [0.3, 0.4) is 0 Å². The number of benzene rings is 2. The molecule has 26 heavy (non-hydrogen) atoms. The Hall–Kier alpha value is -2.27. The van der Waals surface area contributed by atoms with E-state index in [1.807, 2.05) is 55.5 Å². The van der Waals surface area contributed by atoms with Gasteiger partial charge >= 0.3 is 5.97 Å². The number of methoxy groups -OCH3 is 1. The van der Waals surface area contributed by atoms with E-state index in [1.54, 1.807) is 11.8 Å². The van der Waals surface area contributed by atoms with Crippen LogP contribution in [0.2, 0.25) is 0 Å². The third-order valence-corrected chi connectivity index (χ3v) is 4.89. The summed E-state index contributed by atoms with van der Waals surface area (Å²) in [6.45, 7) is 6.25. The quantitative estimate of drug-likeness (QED) is 0.574. The molecule has 138 valence electrons. The first-order valence-corrected chi connectivity index (χ1v) is 9.48. The number of esters is 1. The predicted octanol–water partition coefficient (Wildman–Crippen LogP) is 4.53. The average Bonchev–Trinajstić information content (AvgIpc) is 2.61. The van der Waals surface area contributed by atoms with Crippen molar-refractivity contribution in [2.24, 2.45) is 0 Å². The number of amides is 1. The molecular formula is C21H25NO3S. The van der Waals surface area contributed by atoms with E-state index in [0.29, 0.717) is 10.8 Å². The number of hydrogen-bond donors (Lipinski definition) is 1. The molecule has 1 atom stereocenters. The highest BCUT2D eigenvalue weighted by molar-refractivity contribution is 7.99. The van der Waals surface area contributed by atoms with Gasteiger partial charge in [-0.1, -0.05) is 43.7 Å². The summed E-state index contributed by atoms with van der Waals surface area (Å²) in [6.07, 6.45) is 0.0899. The summed E-state index contributed by atoms with van der Waals surface area (Å²) in [5.41, 5.74) is 2.57. The Bertz CT molecular complexity index is 739. The van der Waals surface area contributed by atoms with Crippen molar-refractivity contribution >= 4 is 23.6 Å². The molecule has 0 bridgehead atoms. The smallest absolute Gasteiger partial charge is 0.307 e. The van der Waals surface area contributed by atoms with Gasteiger partial charge in [0.05, 0.1) is 19.6 Å². The molecule has 2 aromatic carbocycles. The van der Waals surface area contributed by atoms with E-state index < -0.39 is 6.04 Å². The van der Waals surface area contributed by atoms with Gasteiger partial charge in [0.2, 0.25) is 0 Å². The van der Waals surface area contributed by atoms with Crippen molar-refractivity contribution in [3.8, 4) is 0 Å². The molecule has 0 fully saturated rings. The summed E-state index contributed by atoms with van der Waals surface area (Å²) in [5.74, 6) is -0.569. The summed E-state index contributed by atoms with van der Waals surface area (Å²) in [5, 5.41) is 3.43. The van der Waals surface area contributed by atoms with Gasteiger partial charge < -0.3 is 10.1 Å². The van der Waals surface area contributed by atoms with E-state index in [4.69, 9.17) is 4.74 Å². The van der Waals surface area contributed by atoms with Gasteiger partial charge in [0.25, 0.3) is 5.91 Å². The minimum absolute atomic E-state index is 0.0899. The summed E-state index contributed by atoms with van der Waals surface area (Å²) in [6, 6.07) is 14.8. The molecule has 0 aliphatic carbocycles. The fourth-order valence-corrected chi connectivity index (χ4v) is 3.34. The van der Waals surface area contributed by atoms with Crippen molar-refractivity contribution < 1.29 is 14.3 Å². The van der Waals surface area contributed by atoms with Crippen molar-refractivity contribution in [2.75, 3.05) is 7.11 Å². The lowest BCUT2D eigenvalue weighted by Crippen LogP contribution is -2.30. The molecule has 0 heterocycles. The van der Waals surface area contributed by atoms with E-state index in [2.05, 4.69) is 19.2 Å². The van der Waals surface area contributed by atoms with Gasteiger partial charge in [0.1, 0.15) is 0 Å². The molecule has 2 rings (SSSR count). The number of thioether (sulfide) groups is 1. The van der Waals surface area contributed by atoms with E-state index in [9.17, 15) is 9.59 Å². The second-order valence-corrected chi connectivity index (χ2v) is 8.06. The first-order chi connectivity index (χ1) is 12.4. The number of carbonyl (C=O) groups excluding carboxylic acids is 2. The summed E-state index contributed by atoms with van der Waals surface area (Å²) in [7, 11) is 1.35. The number of hydrogen-bond acceptors (Lipinski definition) is 4. The molecule has 0 saturated heterocycles. The van der Waals surface area contributed by atoms with E-state index >= 15 is 0 Å². The van der Waals surface area contributed by atoms with E-state index in [0.717, 1.165) is 16.0 Å². The molecule has 1 amide bonds. The van der Waals surface area contributed by atoms with Crippen molar-refractivity contribution in [3.63, 3.8) is 0 Å². The maximum atomic E-state index is 12.6. The first-order valence-electron chi connectivity index (χ1n) is 8.60. The Morgan fingerprint density at radius 1 is 1.04 bits per heavy atom. The minimum Gasteiger partial charge on any atom is -0.469 e. The largest absolute Gasteiger partial charge is 0.469 e. The maximum absolute atomic E-state index is 12.6. The molecule has 4 nitrogen and oxygen atoms in total. The van der Waals surface area contributed by atoms with E-state index in [-0.39, 0.29) is 18.3 Å². The van der Waals surface area contributed by atoms with Crippen LogP contribution in [0.4, 0.5) is 0 Å². The van der Waals surface area contributed by atoms with Crippen LogP contribution in [0, 0.1) is 6.92 Å². The number of rotatable bonds is 7. The normalized spacial score (nSPS) is 11.9. The molecule has 5 heteroatoms. The average molecular weight is 372 g/mol. The van der Waals surface area contributed by atoms with Crippen LogP contribution < -0.4 is 5.32 Å². The Balaban J connectivity index is 2.14. The number of ether oxygens (including phenoxy) is 1. The summed E-state index contributed by atoms with van der Waals surface area (Å²) in [4.78, 5) is 25.5. The highest BCUT2D eigenvalue weighted by Crippen LogP contribution is 2.23. The Labute approximate surface area is 159 Å². The molecule has 0 aromatic heterocycles. The van der Waals surface area contributed by atoms with Crippen molar-refractivity contribution in [1.82, 2.24) is 5.32 Å². The monoisotopic (exact) mass is 371 g/mol. The van der Waals surface area contributed by atoms with Crippen LogP contribution in [-0.4, -0.2) is 24.2 Å². The molecule has 0 saturated carbocycles. The van der Waals surface area contributed by atoms with Crippen molar-refractivity contribution in [2.45, 2.75) is 43.4 Å². The van der Waals surface area contributed by atoms with Gasteiger partial charge in [0, 0.05) is 15.7 Å². The molecular weight excluding hydrogens is 346 g/mol. The van der Waals surface area contributed by atoms with Gasteiger partial charge in [0.15, 0.2) is 0 Å². The predicted molar refractivity (Wildman–Crippen MR) is 105 cm³/mol. The molecule has 0 aliphatic heterocycles. The van der Waals surface area contributed by atoms with Crippen LogP contribution in [0.25, 0.3) is 0 Å². The lowest BCUT2D eigenvalue weighted by atomic mass is 10.0. The van der Waals surface area contributed by atoms with Gasteiger partial charge in [-0.15, -0.1) is 11.8 Å². The Morgan fingerprint density at radius 3 is 2.19 bits per heavy atom. The molecule has 1 unspecified atom stereocenters. The minimum atomic E-state index is -0.430. The number of aryl methyl sites for hydroxylation is 1. The van der Waals surface area contributed by atoms with Gasteiger partial charge in [-0.05, 0) is 36.8 Å². The maximum Gasteiger partial charge on any atom is 0.307 e. The Morgan fingerprint density at radius 2 is 1.65 bits per heavy atom. The third-order valence-electron chi connectivity index (χ3n) is 3.87. The lowest BCUT2D eigenvalue weighted by Gasteiger charge is -2.18. The van der Waals surface area contributed by atoms with Gasteiger partial charge in [-0.3, -0.25) is 9.59 Å². The zero-order chi connectivity index (χ0) is 19.1. The standard InChI is InChI=1S/C21H25NO3S/c1-14(2)26-18-11-9-17(10-12-18)21(24)22-19(13-20(23)25-4)16-7-5-15(3)6-8-16/h5-12,14,19H,13H2,1-4H3,(H,22,24). The van der Waals surface area contributed by atoms with E-state index in [1.165, 1.54) is 7.11 Å². The molecule has 1 N–H and O–H groups in total. The van der Waals surface area contributed by atoms with Crippen molar-refractivity contribution in [3.05, 3.63) is 65.2 Å². The molecule has 0 spiro atoms. The molecule has 0 aliphatic rings.